The van der Waals surface area contributed by atoms with Crippen LogP contribution in [0.4, 0.5) is 0 Å². The standard InChI is InChI=1S/3C9H7N.Ir/c3*1-2-4-9-7-10-6-5-8(9)3-1;/h3*1-7H;. The first-order valence-electron chi connectivity index (χ1n) is 9.76. The normalized spacial score (nSPS) is 9.68. The Kier molecular flexibility index (Phi) is 8.36. The first kappa shape index (κ1) is 22.2. The SMILES string of the molecule is [Ir].c1ccc2cnccc2c1.c1ccc2cnccc2c1.c1ccc2cnccc2c1. The molecule has 4 heteroatoms. The molecule has 6 rings (SSSR count). The number of hydrogen-bond donors (Lipinski definition) is 0. The molecule has 0 saturated carbocycles. The molecule has 0 unspecified atom stereocenters. The van der Waals surface area contributed by atoms with Gasteiger partial charge < -0.3 is 0 Å². The smallest absolute Gasteiger partial charge is 0.0346 e. The van der Waals surface area contributed by atoms with Crippen molar-refractivity contribution in [1.82, 2.24) is 15.0 Å². The Balaban J connectivity index is 0.000000130. The van der Waals surface area contributed by atoms with Gasteiger partial charge >= 0.3 is 0 Å². The van der Waals surface area contributed by atoms with Crippen molar-refractivity contribution in [2.45, 2.75) is 0 Å². The van der Waals surface area contributed by atoms with Crippen LogP contribution >= 0.6 is 0 Å². The molecule has 0 saturated heterocycles. The molecule has 153 valence electrons. The number of pyridine rings is 3. The summed E-state index contributed by atoms with van der Waals surface area (Å²) < 4.78 is 0. The van der Waals surface area contributed by atoms with Gasteiger partial charge in [-0.2, -0.15) is 0 Å². The average molecular weight is 580 g/mol. The van der Waals surface area contributed by atoms with E-state index in [1.165, 1.54) is 32.3 Å². The van der Waals surface area contributed by atoms with Crippen molar-refractivity contribution in [3.63, 3.8) is 0 Å². The molecular formula is C27H21IrN3. The number of nitrogens with zero attached hydrogens (tertiary/aromatic N) is 3. The second kappa shape index (κ2) is 11.7. The molecule has 0 fully saturated rings. The Labute approximate surface area is 195 Å². The molecule has 3 nitrogen and oxygen atoms in total. The summed E-state index contributed by atoms with van der Waals surface area (Å²) in [6.07, 6.45) is 11.0. The Bertz CT molecular complexity index is 1000. The van der Waals surface area contributed by atoms with Crippen LogP contribution in [0.15, 0.2) is 128 Å². The largest absolute Gasteiger partial charge is 0.264 e. The first-order valence-corrected chi connectivity index (χ1v) is 9.76. The second-order valence-electron chi connectivity index (χ2n) is 6.67. The Morgan fingerprint density at radius 3 is 0.839 bits per heavy atom. The summed E-state index contributed by atoms with van der Waals surface area (Å²) in [5, 5.41) is 7.34. The molecule has 0 N–H and O–H groups in total. The molecule has 0 spiro atoms. The van der Waals surface area contributed by atoms with Gasteiger partial charge in [-0.05, 0) is 50.5 Å². The fraction of sp³-hybridized carbons (Fsp3) is 0. The van der Waals surface area contributed by atoms with E-state index in [9.17, 15) is 0 Å². The van der Waals surface area contributed by atoms with Crippen LogP contribution in [-0.4, -0.2) is 15.0 Å². The number of fused-ring (bicyclic) bond motifs is 3. The van der Waals surface area contributed by atoms with Gasteiger partial charge in [0.15, 0.2) is 0 Å². The Morgan fingerprint density at radius 2 is 0.581 bits per heavy atom. The van der Waals surface area contributed by atoms with E-state index >= 15 is 0 Å². The van der Waals surface area contributed by atoms with Crippen molar-refractivity contribution < 1.29 is 20.1 Å². The molecule has 6 aromatic rings. The fourth-order valence-corrected chi connectivity index (χ4v) is 3.08. The van der Waals surface area contributed by atoms with Crippen LogP contribution in [0, 0.1) is 0 Å². The van der Waals surface area contributed by atoms with E-state index in [1.807, 2.05) is 91.8 Å². The van der Waals surface area contributed by atoms with Gasteiger partial charge in [-0.3, -0.25) is 15.0 Å². The van der Waals surface area contributed by atoms with Crippen molar-refractivity contribution >= 4 is 32.3 Å². The Morgan fingerprint density at radius 1 is 0.323 bits per heavy atom. The maximum absolute atomic E-state index is 4.01. The number of aromatic nitrogens is 3. The summed E-state index contributed by atoms with van der Waals surface area (Å²) in [4.78, 5) is 12.0. The van der Waals surface area contributed by atoms with Crippen molar-refractivity contribution in [2.24, 2.45) is 0 Å². The van der Waals surface area contributed by atoms with Crippen LogP contribution in [0.25, 0.3) is 32.3 Å². The van der Waals surface area contributed by atoms with E-state index in [0.29, 0.717) is 0 Å². The molecule has 1 radical (unpaired) electrons. The zero-order valence-corrected chi connectivity index (χ0v) is 19.2. The third kappa shape index (κ3) is 6.26. The van der Waals surface area contributed by atoms with E-state index in [1.54, 1.807) is 0 Å². The van der Waals surface area contributed by atoms with Crippen LogP contribution in [0.2, 0.25) is 0 Å². The molecule has 0 aliphatic carbocycles. The predicted molar refractivity (Wildman–Crippen MR) is 125 cm³/mol. The summed E-state index contributed by atoms with van der Waals surface area (Å²) in [6, 6.07) is 30.6. The number of rotatable bonds is 0. The van der Waals surface area contributed by atoms with E-state index < -0.39 is 0 Å². The predicted octanol–water partition coefficient (Wildman–Crippen LogP) is 6.70. The van der Waals surface area contributed by atoms with Crippen molar-refractivity contribution in [1.29, 1.82) is 0 Å². The van der Waals surface area contributed by atoms with Crippen LogP contribution in [0.3, 0.4) is 0 Å². The van der Waals surface area contributed by atoms with E-state index in [4.69, 9.17) is 0 Å². The average Bonchev–Trinajstić information content (AvgIpc) is 2.85. The van der Waals surface area contributed by atoms with Gasteiger partial charge in [0.25, 0.3) is 0 Å². The van der Waals surface area contributed by atoms with Gasteiger partial charge in [0.2, 0.25) is 0 Å². The molecule has 0 atom stereocenters. The summed E-state index contributed by atoms with van der Waals surface area (Å²) in [7, 11) is 0. The topological polar surface area (TPSA) is 38.7 Å². The third-order valence-corrected chi connectivity index (χ3v) is 4.65. The van der Waals surface area contributed by atoms with Gasteiger partial charge in [0, 0.05) is 57.3 Å². The molecule has 31 heavy (non-hydrogen) atoms. The van der Waals surface area contributed by atoms with Gasteiger partial charge in [-0.1, -0.05) is 72.8 Å². The maximum atomic E-state index is 4.01. The molecule has 3 heterocycles. The summed E-state index contributed by atoms with van der Waals surface area (Å²) in [5.74, 6) is 0. The van der Waals surface area contributed by atoms with Crippen molar-refractivity contribution in [2.75, 3.05) is 0 Å². The molecule has 0 aliphatic rings. The molecule has 3 aromatic carbocycles. The summed E-state index contributed by atoms with van der Waals surface area (Å²) in [6.45, 7) is 0. The van der Waals surface area contributed by atoms with Gasteiger partial charge in [-0.25, -0.2) is 0 Å². The van der Waals surface area contributed by atoms with E-state index in [0.717, 1.165) is 0 Å². The molecular weight excluding hydrogens is 559 g/mol. The third-order valence-electron chi connectivity index (χ3n) is 4.65. The molecule has 3 aromatic heterocycles. The molecule has 0 amide bonds. The van der Waals surface area contributed by atoms with E-state index in [2.05, 4.69) is 51.4 Å². The van der Waals surface area contributed by atoms with Gasteiger partial charge in [0.1, 0.15) is 0 Å². The number of benzene rings is 3. The quantitative estimate of drug-likeness (QED) is 0.201. The minimum atomic E-state index is 0. The van der Waals surface area contributed by atoms with E-state index in [-0.39, 0.29) is 20.1 Å². The van der Waals surface area contributed by atoms with Gasteiger partial charge in [0.05, 0.1) is 0 Å². The fourth-order valence-electron chi connectivity index (χ4n) is 3.08. The van der Waals surface area contributed by atoms with Crippen LogP contribution in [0.5, 0.6) is 0 Å². The van der Waals surface area contributed by atoms with Crippen LogP contribution in [-0.2, 0) is 20.1 Å². The maximum Gasteiger partial charge on any atom is 0.0346 e. The number of hydrogen-bond acceptors (Lipinski definition) is 3. The van der Waals surface area contributed by atoms with Crippen molar-refractivity contribution in [3.8, 4) is 0 Å². The van der Waals surface area contributed by atoms with Crippen molar-refractivity contribution in [3.05, 3.63) is 128 Å². The summed E-state index contributed by atoms with van der Waals surface area (Å²) in [5.41, 5.74) is 0. The zero-order valence-electron chi connectivity index (χ0n) is 16.8. The van der Waals surface area contributed by atoms with Crippen LogP contribution in [0.1, 0.15) is 0 Å². The second-order valence-corrected chi connectivity index (χ2v) is 6.67. The minimum absolute atomic E-state index is 0. The first-order chi connectivity index (χ1) is 14.9. The van der Waals surface area contributed by atoms with Gasteiger partial charge in [-0.15, -0.1) is 0 Å². The minimum Gasteiger partial charge on any atom is -0.264 e. The monoisotopic (exact) mass is 580 g/mol. The Hall–Kier alpha value is -3.46. The van der Waals surface area contributed by atoms with Crippen LogP contribution < -0.4 is 0 Å². The summed E-state index contributed by atoms with van der Waals surface area (Å²) >= 11 is 0. The molecule has 0 bridgehead atoms. The zero-order chi connectivity index (χ0) is 20.4. The molecule has 0 aliphatic heterocycles.